The van der Waals surface area contributed by atoms with Gasteiger partial charge in [-0.3, -0.25) is 5.32 Å². The van der Waals surface area contributed by atoms with Crippen molar-refractivity contribution in [1.29, 1.82) is 0 Å². The molecule has 2 heteroatoms. The summed E-state index contributed by atoms with van der Waals surface area (Å²) in [6.45, 7) is 3.17. The quantitative estimate of drug-likeness (QED) is 0.572. The number of allylic oxidation sites excluding steroid dienone is 1. The van der Waals surface area contributed by atoms with Crippen molar-refractivity contribution in [2.75, 3.05) is 6.54 Å². The highest BCUT2D eigenvalue weighted by atomic mass is 15.1. The third-order valence-corrected chi connectivity index (χ3v) is 1.49. The predicted molar refractivity (Wildman–Crippen MR) is 39.0 cm³/mol. The van der Waals surface area contributed by atoms with E-state index >= 15 is 0 Å². The van der Waals surface area contributed by atoms with Crippen LogP contribution in [0, 0.1) is 0 Å². The van der Waals surface area contributed by atoms with Gasteiger partial charge in [0, 0.05) is 0 Å². The highest BCUT2D eigenvalue weighted by Crippen LogP contribution is 1.99. The van der Waals surface area contributed by atoms with Crippen LogP contribution in [0.25, 0.3) is 0 Å². The van der Waals surface area contributed by atoms with E-state index in [1.807, 2.05) is 6.20 Å². The van der Waals surface area contributed by atoms with Crippen LogP contribution < -0.4 is 10.6 Å². The summed E-state index contributed by atoms with van der Waals surface area (Å²) in [5.74, 6) is 0. The van der Waals surface area contributed by atoms with Crippen molar-refractivity contribution >= 4 is 0 Å². The van der Waals surface area contributed by atoms with Crippen LogP contribution in [-0.4, -0.2) is 12.7 Å². The summed E-state index contributed by atoms with van der Waals surface area (Å²) in [5.41, 5.74) is 0. The van der Waals surface area contributed by atoms with Crippen molar-refractivity contribution in [3.05, 3.63) is 12.3 Å². The molecule has 0 saturated heterocycles. The van der Waals surface area contributed by atoms with Crippen LogP contribution in [0.5, 0.6) is 0 Å². The molecule has 0 radical (unpaired) electrons. The molecule has 1 aliphatic rings. The molecule has 1 atom stereocenters. The fourth-order valence-corrected chi connectivity index (χ4v) is 1.02. The Morgan fingerprint density at radius 1 is 1.78 bits per heavy atom. The lowest BCUT2D eigenvalue weighted by molar-refractivity contribution is 0.443. The molecule has 1 heterocycles. The van der Waals surface area contributed by atoms with E-state index in [-0.39, 0.29) is 0 Å². The predicted octanol–water partition coefficient (Wildman–Crippen LogP) is 0.819. The second-order valence-electron chi connectivity index (χ2n) is 2.26. The van der Waals surface area contributed by atoms with E-state index in [0.717, 1.165) is 6.54 Å². The maximum atomic E-state index is 3.32. The van der Waals surface area contributed by atoms with E-state index in [0.29, 0.717) is 6.17 Å². The number of rotatable bonds is 2. The molecule has 0 aromatic carbocycles. The van der Waals surface area contributed by atoms with Gasteiger partial charge in [0.05, 0.1) is 6.17 Å². The first-order chi connectivity index (χ1) is 4.43. The van der Waals surface area contributed by atoms with Gasteiger partial charge < -0.3 is 5.32 Å². The lowest BCUT2D eigenvalue weighted by Gasteiger charge is -2.20. The largest absolute Gasteiger partial charge is 0.376 e. The van der Waals surface area contributed by atoms with Crippen LogP contribution in [0.3, 0.4) is 0 Å². The first kappa shape index (κ1) is 6.62. The Balaban J connectivity index is 2.18. The van der Waals surface area contributed by atoms with Crippen LogP contribution in [0.15, 0.2) is 12.3 Å². The Morgan fingerprint density at radius 3 is 3.22 bits per heavy atom. The van der Waals surface area contributed by atoms with E-state index in [1.54, 1.807) is 0 Å². The van der Waals surface area contributed by atoms with Crippen molar-refractivity contribution < 1.29 is 0 Å². The Kier molecular flexibility index (Phi) is 2.58. The molecule has 0 bridgehead atoms. The summed E-state index contributed by atoms with van der Waals surface area (Å²) in [7, 11) is 0. The van der Waals surface area contributed by atoms with E-state index in [2.05, 4.69) is 23.6 Å². The summed E-state index contributed by atoms with van der Waals surface area (Å²) in [6.07, 6.45) is 7.11. The molecule has 0 amide bonds. The Hall–Kier alpha value is -0.500. The maximum Gasteiger partial charge on any atom is 0.0765 e. The van der Waals surface area contributed by atoms with Crippen LogP contribution in [0.2, 0.25) is 0 Å². The molecule has 2 nitrogen and oxygen atoms in total. The fourth-order valence-electron chi connectivity index (χ4n) is 1.02. The zero-order chi connectivity index (χ0) is 6.53. The number of hydrogen-bond donors (Lipinski definition) is 2. The van der Waals surface area contributed by atoms with E-state index in [9.17, 15) is 0 Å². The van der Waals surface area contributed by atoms with Crippen molar-refractivity contribution in [3.8, 4) is 0 Å². The minimum absolute atomic E-state index is 0.514. The molecule has 0 saturated carbocycles. The van der Waals surface area contributed by atoms with Crippen molar-refractivity contribution in [2.45, 2.75) is 25.9 Å². The second kappa shape index (κ2) is 3.51. The average molecular weight is 126 g/mol. The molecule has 0 aromatic rings. The van der Waals surface area contributed by atoms with Crippen LogP contribution in [0.4, 0.5) is 0 Å². The van der Waals surface area contributed by atoms with Crippen molar-refractivity contribution in [1.82, 2.24) is 10.6 Å². The van der Waals surface area contributed by atoms with Gasteiger partial charge in [0.1, 0.15) is 0 Å². The molecular formula is C7H14N2. The van der Waals surface area contributed by atoms with Crippen LogP contribution >= 0.6 is 0 Å². The lowest BCUT2D eigenvalue weighted by Crippen LogP contribution is -2.40. The van der Waals surface area contributed by atoms with Gasteiger partial charge in [0.25, 0.3) is 0 Å². The third-order valence-electron chi connectivity index (χ3n) is 1.49. The average Bonchev–Trinajstić information content (AvgIpc) is 1.91. The molecule has 9 heavy (non-hydrogen) atoms. The van der Waals surface area contributed by atoms with Gasteiger partial charge in [-0.2, -0.15) is 0 Å². The summed E-state index contributed by atoms with van der Waals surface area (Å²) in [6, 6.07) is 0. The minimum Gasteiger partial charge on any atom is -0.376 e. The Bertz CT molecular complexity index is 99.1. The van der Waals surface area contributed by atoms with E-state index in [4.69, 9.17) is 0 Å². The van der Waals surface area contributed by atoms with Crippen LogP contribution in [-0.2, 0) is 0 Å². The lowest BCUT2D eigenvalue weighted by atomic mass is 10.2. The normalized spacial score (nSPS) is 25.7. The molecule has 2 N–H and O–H groups in total. The Labute approximate surface area is 56.3 Å². The van der Waals surface area contributed by atoms with Crippen LogP contribution in [0.1, 0.15) is 19.8 Å². The van der Waals surface area contributed by atoms with Gasteiger partial charge in [-0.25, -0.2) is 0 Å². The summed E-state index contributed by atoms with van der Waals surface area (Å²) in [5, 5.41) is 6.55. The van der Waals surface area contributed by atoms with Gasteiger partial charge >= 0.3 is 0 Å². The van der Waals surface area contributed by atoms with Crippen molar-refractivity contribution in [3.63, 3.8) is 0 Å². The minimum atomic E-state index is 0.514. The molecule has 0 spiro atoms. The van der Waals surface area contributed by atoms with E-state index < -0.39 is 0 Å². The van der Waals surface area contributed by atoms with Gasteiger partial charge in [0.2, 0.25) is 0 Å². The standard InChI is InChI=1S/C7H14N2/c1-2-8-7-5-3-4-6-9-7/h4,6-9H,2-3,5H2,1H3. The molecule has 1 rings (SSSR count). The summed E-state index contributed by atoms with van der Waals surface area (Å²) >= 11 is 0. The molecule has 0 aromatic heterocycles. The molecular weight excluding hydrogens is 112 g/mol. The molecule has 1 unspecified atom stereocenters. The zero-order valence-corrected chi connectivity index (χ0v) is 5.85. The first-order valence-electron chi connectivity index (χ1n) is 3.58. The molecule has 52 valence electrons. The van der Waals surface area contributed by atoms with Crippen molar-refractivity contribution in [2.24, 2.45) is 0 Å². The maximum absolute atomic E-state index is 3.32. The third kappa shape index (κ3) is 2.06. The summed E-state index contributed by atoms with van der Waals surface area (Å²) in [4.78, 5) is 0. The highest BCUT2D eigenvalue weighted by Gasteiger charge is 2.04. The SMILES string of the molecule is CCNC1CCC=CN1. The number of nitrogens with one attached hydrogen (secondary N) is 2. The Morgan fingerprint density at radius 2 is 2.67 bits per heavy atom. The monoisotopic (exact) mass is 126 g/mol. The van der Waals surface area contributed by atoms with Gasteiger partial charge in [-0.05, 0) is 25.6 Å². The number of hydrogen-bond acceptors (Lipinski definition) is 2. The molecule has 1 aliphatic heterocycles. The second-order valence-corrected chi connectivity index (χ2v) is 2.26. The van der Waals surface area contributed by atoms with Gasteiger partial charge in [-0.15, -0.1) is 0 Å². The topological polar surface area (TPSA) is 24.1 Å². The molecule has 0 aliphatic carbocycles. The highest BCUT2D eigenvalue weighted by molar-refractivity contribution is 4.88. The van der Waals surface area contributed by atoms with Gasteiger partial charge in [-0.1, -0.05) is 13.0 Å². The first-order valence-corrected chi connectivity index (χ1v) is 3.58. The fraction of sp³-hybridized carbons (Fsp3) is 0.714. The van der Waals surface area contributed by atoms with E-state index in [1.165, 1.54) is 12.8 Å². The molecule has 0 fully saturated rings. The van der Waals surface area contributed by atoms with Gasteiger partial charge in [0.15, 0.2) is 0 Å². The zero-order valence-electron chi connectivity index (χ0n) is 5.85. The summed E-state index contributed by atoms with van der Waals surface area (Å²) < 4.78 is 0. The smallest absolute Gasteiger partial charge is 0.0765 e.